The number of anilines is 1. The second-order valence-electron chi connectivity index (χ2n) is 6.79. The maximum absolute atomic E-state index is 5.75. The number of rotatable bonds is 2. The van der Waals surface area contributed by atoms with Crippen LogP contribution in [0.3, 0.4) is 0 Å². The molecule has 110 valence electrons. The highest BCUT2D eigenvalue weighted by Gasteiger charge is 2.26. The van der Waals surface area contributed by atoms with Gasteiger partial charge >= 0.3 is 0 Å². The molecule has 1 aliphatic carbocycles. The average molecular weight is 275 g/mol. The Balaban J connectivity index is 1.65. The Morgan fingerprint density at radius 1 is 1.05 bits per heavy atom. The van der Waals surface area contributed by atoms with E-state index in [0.29, 0.717) is 11.5 Å². The lowest BCUT2D eigenvalue weighted by Crippen LogP contribution is -2.29. The van der Waals surface area contributed by atoms with Crippen LogP contribution >= 0.6 is 0 Å². The summed E-state index contributed by atoms with van der Waals surface area (Å²) in [6.45, 7) is 6.24. The molecule has 0 atom stereocenters. The molecular formula is C17H25NO2. The molecule has 20 heavy (non-hydrogen) atoms. The number of hydrogen-bond acceptors (Lipinski definition) is 3. The van der Waals surface area contributed by atoms with E-state index in [1.54, 1.807) is 0 Å². The third-order valence-electron chi connectivity index (χ3n) is 4.46. The lowest BCUT2D eigenvalue weighted by molar-refractivity contribution is 0.232. The summed E-state index contributed by atoms with van der Waals surface area (Å²) < 4.78 is 11.4. The second kappa shape index (κ2) is 5.55. The average Bonchev–Trinajstić information content (AvgIpc) is 2.66. The monoisotopic (exact) mass is 275 g/mol. The summed E-state index contributed by atoms with van der Waals surface area (Å²) in [5, 5.41) is 3.65. The molecule has 1 N–H and O–H groups in total. The van der Waals surface area contributed by atoms with E-state index in [2.05, 4.69) is 31.3 Å². The van der Waals surface area contributed by atoms with Gasteiger partial charge in [-0.05, 0) is 43.2 Å². The van der Waals surface area contributed by atoms with Gasteiger partial charge in [-0.3, -0.25) is 0 Å². The predicted molar refractivity (Wildman–Crippen MR) is 81.7 cm³/mol. The molecule has 0 aromatic heterocycles. The van der Waals surface area contributed by atoms with Crippen LogP contribution in [0.5, 0.6) is 11.5 Å². The lowest BCUT2D eigenvalue weighted by Gasteiger charge is -2.35. The maximum Gasteiger partial charge on any atom is 0.163 e. The molecule has 3 heteroatoms. The van der Waals surface area contributed by atoms with Crippen molar-refractivity contribution in [3.63, 3.8) is 0 Å². The first-order chi connectivity index (χ1) is 9.62. The summed E-state index contributed by atoms with van der Waals surface area (Å²) in [5.74, 6) is 1.75. The third-order valence-corrected chi connectivity index (χ3v) is 4.46. The van der Waals surface area contributed by atoms with Gasteiger partial charge in [0.15, 0.2) is 11.5 Å². The fraction of sp³-hybridized carbons (Fsp3) is 0.647. The minimum atomic E-state index is 0.517. The molecule has 0 amide bonds. The largest absolute Gasteiger partial charge is 0.490 e. The van der Waals surface area contributed by atoms with E-state index in [4.69, 9.17) is 9.47 Å². The van der Waals surface area contributed by atoms with Gasteiger partial charge in [-0.25, -0.2) is 0 Å². The molecule has 1 heterocycles. The van der Waals surface area contributed by atoms with Crippen LogP contribution < -0.4 is 14.8 Å². The van der Waals surface area contributed by atoms with Gasteiger partial charge in [-0.2, -0.15) is 0 Å². The van der Waals surface area contributed by atoms with Gasteiger partial charge in [0.2, 0.25) is 0 Å². The van der Waals surface area contributed by atoms with Crippen molar-refractivity contribution >= 4 is 5.69 Å². The summed E-state index contributed by atoms with van der Waals surface area (Å²) in [4.78, 5) is 0. The van der Waals surface area contributed by atoms with Gasteiger partial charge < -0.3 is 14.8 Å². The van der Waals surface area contributed by atoms with Gasteiger partial charge in [-0.1, -0.05) is 13.8 Å². The van der Waals surface area contributed by atoms with Gasteiger partial charge in [0, 0.05) is 24.2 Å². The standard InChI is InChI=1S/C17H25NO2/c1-17(2)8-6-13(7-9-17)18-14-4-5-15-16(12-14)20-11-3-10-19-15/h4-5,12-13,18H,3,6-11H2,1-2H3. The van der Waals surface area contributed by atoms with E-state index in [1.165, 1.54) is 25.7 Å². The fourth-order valence-electron chi connectivity index (χ4n) is 3.03. The Hall–Kier alpha value is -1.38. The van der Waals surface area contributed by atoms with Crippen molar-refractivity contribution in [2.75, 3.05) is 18.5 Å². The number of benzene rings is 1. The van der Waals surface area contributed by atoms with Crippen LogP contribution in [0.4, 0.5) is 5.69 Å². The van der Waals surface area contributed by atoms with E-state index in [-0.39, 0.29) is 0 Å². The first kappa shape index (κ1) is 13.6. The van der Waals surface area contributed by atoms with Crippen molar-refractivity contribution in [1.82, 2.24) is 0 Å². The van der Waals surface area contributed by atoms with Gasteiger partial charge in [-0.15, -0.1) is 0 Å². The van der Waals surface area contributed by atoms with Gasteiger partial charge in [0.25, 0.3) is 0 Å². The first-order valence-corrected chi connectivity index (χ1v) is 7.79. The third kappa shape index (κ3) is 3.20. The molecule has 1 saturated carbocycles. The zero-order chi connectivity index (χ0) is 14.0. The molecular weight excluding hydrogens is 250 g/mol. The van der Waals surface area contributed by atoms with Crippen LogP contribution in [0.1, 0.15) is 46.0 Å². The molecule has 3 nitrogen and oxygen atoms in total. The molecule has 0 spiro atoms. The molecule has 1 aromatic carbocycles. The highest BCUT2D eigenvalue weighted by molar-refractivity contribution is 5.55. The van der Waals surface area contributed by atoms with E-state index in [9.17, 15) is 0 Å². The van der Waals surface area contributed by atoms with E-state index in [0.717, 1.165) is 36.8 Å². The Bertz CT molecular complexity index is 460. The van der Waals surface area contributed by atoms with Crippen molar-refractivity contribution in [2.24, 2.45) is 5.41 Å². The molecule has 0 saturated heterocycles. The predicted octanol–water partition coefficient (Wildman–Crippen LogP) is 4.23. The highest BCUT2D eigenvalue weighted by atomic mass is 16.5. The molecule has 1 aliphatic heterocycles. The number of fused-ring (bicyclic) bond motifs is 1. The fourth-order valence-corrected chi connectivity index (χ4v) is 3.03. The van der Waals surface area contributed by atoms with E-state index < -0.39 is 0 Å². The zero-order valence-electron chi connectivity index (χ0n) is 12.6. The van der Waals surface area contributed by atoms with Crippen LogP contribution in [-0.2, 0) is 0 Å². The molecule has 1 fully saturated rings. The molecule has 0 unspecified atom stereocenters. The minimum Gasteiger partial charge on any atom is -0.490 e. The van der Waals surface area contributed by atoms with E-state index in [1.807, 2.05) is 6.07 Å². The van der Waals surface area contributed by atoms with Crippen molar-refractivity contribution in [3.05, 3.63) is 18.2 Å². The van der Waals surface area contributed by atoms with Crippen LogP contribution in [-0.4, -0.2) is 19.3 Å². The minimum absolute atomic E-state index is 0.517. The molecule has 2 aliphatic rings. The van der Waals surface area contributed by atoms with Crippen LogP contribution in [0.25, 0.3) is 0 Å². The van der Waals surface area contributed by atoms with Gasteiger partial charge in [0.05, 0.1) is 13.2 Å². The summed E-state index contributed by atoms with van der Waals surface area (Å²) in [7, 11) is 0. The smallest absolute Gasteiger partial charge is 0.163 e. The second-order valence-corrected chi connectivity index (χ2v) is 6.79. The quantitative estimate of drug-likeness (QED) is 0.876. The van der Waals surface area contributed by atoms with E-state index >= 15 is 0 Å². The Morgan fingerprint density at radius 2 is 1.75 bits per heavy atom. The Labute approximate surface area is 121 Å². The SMILES string of the molecule is CC1(C)CCC(Nc2ccc3c(c2)OCCCO3)CC1. The molecule has 0 radical (unpaired) electrons. The van der Waals surface area contributed by atoms with Gasteiger partial charge in [0.1, 0.15) is 0 Å². The topological polar surface area (TPSA) is 30.5 Å². The zero-order valence-corrected chi connectivity index (χ0v) is 12.6. The summed E-state index contributed by atoms with van der Waals surface area (Å²) in [6, 6.07) is 6.80. The lowest BCUT2D eigenvalue weighted by atomic mass is 9.75. The Kier molecular flexibility index (Phi) is 3.77. The number of hydrogen-bond donors (Lipinski definition) is 1. The van der Waals surface area contributed by atoms with Crippen molar-refractivity contribution in [3.8, 4) is 11.5 Å². The highest BCUT2D eigenvalue weighted by Crippen LogP contribution is 2.37. The molecule has 0 bridgehead atoms. The summed E-state index contributed by atoms with van der Waals surface area (Å²) in [6.07, 6.45) is 6.06. The number of ether oxygens (including phenoxy) is 2. The van der Waals surface area contributed by atoms with Crippen LogP contribution in [0.15, 0.2) is 18.2 Å². The number of nitrogens with one attached hydrogen (secondary N) is 1. The maximum atomic E-state index is 5.75. The first-order valence-electron chi connectivity index (χ1n) is 7.79. The normalized spacial score (nSPS) is 22.1. The Morgan fingerprint density at radius 3 is 2.50 bits per heavy atom. The summed E-state index contributed by atoms with van der Waals surface area (Å²) >= 11 is 0. The molecule has 1 aromatic rings. The van der Waals surface area contributed by atoms with Crippen molar-refractivity contribution in [2.45, 2.75) is 52.0 Å². The van der Waals surface area contributed by atoms with Crippen molar-refractivity contribution < 1.29 is 9.47 Å². The molecule has 3 rings (SSSR count). The van der Waals surface area contributed by atoms with Crippen LogP contribution in [0.2, 0.25) is 0 Å². The van der Waals surface area contributed by atoms with Crippen LogP contribution in [0, 0.1) is 5.41 Å². The summed E-state index contributed by atoms with van der Waals surface area (Å²) in [5.41, 5.74) is 1.67. The van der Waals surface area contributed by atoms with Crippen molar-refractivity contribution in [1.29, 1.82) is 0 Å².